The molecule has 0 aliphatic carbocycles. The van der Waals surface area contributed by atoms with Gasteiger partial charge in [0.25, 0.3) is 5.91 Å². The lowest BCUT2D eigenvalue weighted by molar-refractivity contribution is -0.124. The fraction of sp³-hybridized carbons (Fsp3) is 0.429. The maximum absolute atomic E-state index is 12.4. The average Bonchev–Trinajstić information content (AvgIpc) is 2.35. The van der Waals surface area contributed by atoms with Crippen LogP contribution < -0.4 is 0 Å². The summed E-state index contributed by atoms with van der Waals surface area (Å²) in [6.45, 7) is 4.98. The number of rotatable bonds is 1. The van der Waals surface area contributed by atoms with Gasteiger partial charge in [0.15, 0.2) is 0 Å². The predicted octanol–water partition coefficient (Wildman–Crippen LogP) is 2.65. The molecule has 1 aromatic carbocycles. The van der Waals surface area contributed by atoms with Gasteiger partial charge in [0, 0.05) is 29.0 Å². The first-order chi connectivity index (χ1) is 8.50. The summed E-state index contributed by atoms with van der Waals surface area (Å²) in [5, 5.41) is 0. The third-order valence-electron chi connectivity index (χ3n) is 3.38. The lowest BCUT2D eigenvalue weighted by atomic mass is 9.98. The van der Waals surface area contributed by atoms with Crippen molar-refractivity contribution in [2.75, 3.05) is 13.1 Å². The van der Waals surface area contributed by atoms with E-state index in [2.05, 4.69) is 22.6 Å². The summed E-state index contributed by atoms with van der Waals surface area (Å²) >= 11 is 2.21. The van der Waals surface area contributed by atoms with Crippen molar-refractivity contribution in [2.24, 2.45) is 5.92 Å². The van der Waals surface area contributed by atoms with Gasteiger partial charge in [-0.2, -0.15) is 0 Å². The van der Waals surface area contributed by atoms with Gasteiger partial charge in [-0.05, 0) is 41.1 Å². The Morgan fingerprint density at radius 3 is 2.83 bits per heavy atom. The van der Waals surface area contributed by atoms with Crippen LogP contribution in [0.4, 0.5) is 0 Å². The van der Waals surface area contributed by atoms with Crippen LogP contribution in [0.25, 0.3) is 0 Å². The van der Waals surface area contributed by atoms with E-state index < -0.39 is 0 Å². The quantitative estimate of drug-likeness (QED) is 0.725. The van der Waals surface area contributed by atoms with Gasteiger partial charge in [-0.3, -0.25) is 9.59 Å². The first kappa shape index (κ1) is 13.5. The maximum atomic E-state index is 12.4. The SMILES string of the molecule is Cc1cccc(C(=O)N2CCC(=O)C(C)C2)c1I. The van der Waals surface area contributed by atoms with Gasteiger partial charge in [0.2, 0.25) is 0 Å². The van der Waals surface area contributed by atoms with E-state index in [4.69, 9.17) is 0 Å². The number of likely N-dealkylation sites (tertiary alicyclic amines) is 1. The monoisotopic (exact) mass is 357 g/mol. The normalized spacial score (nSPS) is 20.1. The lowest BCUT2D eigenvalue weighted by Gasteiger charge is -2.30. The second-order valence-electron chi connectivity index (χ2n) is 4.80. The Kier molecular flexibility index (Phi) is 4.04. The summed E-state index contributed by atoms with van der Waals surface area (Å²) in [4.78, 5) is 25.7. The molecule has 2 rings (SSSR count). The fourth-order valence-corrected chi connectivity index (χ4v) is 2.77. The molecule has 4 heteroatoms. The highest BCUT2D eigenvalue weighted by molar-refractivity contribution is 14.1. The molecule has 0 radical (unpaired) electrons. The molecule has 1 saturated heterocycles. The zero-order valence-electron chi connectivity index (χ0n) is 10.6. The van der Waals surface area contributed by atoms with Gasteiger partial charge in [-0.1, -0.05) is 19.1 Å². The summed E-state index contributed by atoms with van der Waals surface area (Å²) in [6.07, 6.45) is 0.481. The van der Waals surface area contributed by atoms with Crippen molar-refractivity contribution >= 4 is 34.3 Å². The van der Waals surface area contributed by atoms with Gasteiger partial charge in [-0.25, -0.2) is 0 Å². The lowest BCUT2D eigenvalue weighted by Crippen LogP contribution is -2.43. The predicted molar refractivity (Wildman–Crippen MR) is 78.6 cm³/mol. The third-order valence-corrected chi connectivity index (χ3v) is 4.81. The van der Waals surface area contributed by atoms with Crippen molar-refractivity contribution in [1.29, 1.82) is 0 Å². The van der Waals surface area contributed by atoms with Crippen LogP contribution in [-0.4, -0.2) is 29.7 Å². The van der Waals surface area contributed by atoms with E-state index in [1.165, 1.54) is 0 Å². The molecular formula is C14H16INO2. The van der Waals surface area contributed by atoms with Crippen molar-refractivity contribution in [2.45, 2.75) is 20.3 Å². The Balaban J connectivity index is 2.22. The van der Waals surface area contributed by atoms with Crippen molar-refractivity contribution in [3.63, 3.8) is 0 Å². The van der Waals surface area contributed by atoms with Gasteiger partial charge >= 0.3 is 0 Å². The molecule has 1 atom stereocenters. The van der Waals surface area contributed by atoms with Crippen LogP contribution in [0, 0.1) is 16.4 Å². The Labute approximate surface area is 121 Å². The molecule has 0 saturated carbocycles. The van der Waals surface area contributed by atoms with Gasteiger partial charge in [0.1, 0.15) is 5.78 Å². The highest BCUT2D eigenvalue weighted by Crippen LogP contribution is 2.21. The standard InChI is InChI=1S/C14H16INO2/c1-9-4-3-5-11(13(9)15)14(18)16-7-6-12(17)10(2)8-16/h3-5,10H,6-8H2,1-2H3. The summed E-state index contributed by atoms with van der Waals surface area (Å²) in [5.41, 5.74) is 1.86. The summed E-state index contributed by atoms with van der Waals surface area (Å²) in [6, 6.07) is 5.77. The molecule has 0 bridgehead atoms. The number of amides is 1. The summed E-state index contributed by atoms with van der Waals surface area (Å²) in [5.74, 6) is 0.269. The van der Waals surface area contributed by atoms with E-state index in [9.17, 15) is 9.59 Å². The second-order valence-corrected chi connectivity index (χ2v) is 5.88. The minimum absolute atomic E-state index is 0.0369. The second kappa shape index (κ2) is 5.38. The number of hydrogen-bond donors (Lipinski definition) is 0. The molecule has 1 heterocycles. The van der Waals surface area contributed by atoms with Crippen LogP contribution in [0.1, 0.15) is 29.3 Å². The molecular weight excluding hydrogens is 341 g/mol. The number of piperidine rings is 1. The molecule has 1 aliphatic heterocycles. The van der Waals surface area contributed by atoms with E-state index in [0.717, 1.165) is 14.7 Å². The third kappa shape index (κ3) is 2.58. The van der Waals surface area contributed by atoms with E-state index in [0.29, 0.717) is 19.5 Å². The molecule has 0 N–H and O–H groups in total. The molecule has 18 heavy (non-hydrogen) atoms. The number of benzene rings is 1. The molecule has 96 valence electrons. The first-order valence-electron chi connectivity index (χ1n) is 6.08. The number of carbonyl (C=O) groups is 2. The van der Waals surface area contributed by atoms with Crippen molar-refractivity contribution in [3.8, 4) is 0 Å². The molecule has 0 aromatic heterocycles. The van der Waals surface area contributed by atoms with Crippen LogP contribution in [-0.2, 0) is 4.79 Å². The fourth-order valence-electron chi connectivity index (χ4n) is 2.18. The van der Waals surface area contributed by atoms with Crippen LogP contribution in [0.3, 0.4) is 0 Å². The number of halogens is 1. The molecule has 1 fully saturated rings. The van der Waals surface area contributed by atoms with E-state index in [1.807, 2.05) is 32.0 Å². The average molecular weight is 357 g/mol. The Bertz CT molecular complexity index is 499. The number of hydrogen-bond acceptors (Lipinski definition) is 2. The van der Waals surface area contributed by atoms with Crippen molar-refractivity contribution in [3.05, 3.63) is 32.9 Å². The molecule has 1 aliphatic rings. The largest absolute Gasteiger partial charge is 0.337 e. The van der Waals surface area contributed by atoms with Crippen LogP contribution >= 0.6 is 22.6 Å². The Hall–Kier alpha value is -0.910. The van der Waals surface area contributed by atoms with Crippen molar-refractivity contribution < 1.29 is 9.59 Å². The number of carbonyl (C=O) groups excluding carboxylic acids is 2. The number of nitrogens with zero attached hydrogens (tertiary/aromatic N) is 1. The number of ketones is 1. The minimum atomic E-state index is -0.0369. The molecule has 1 aromatic rings. The van der Waals surface area contributed by atoms with Crippen LogP contribution in [0.2, 0.25) is 0 Å². The van der Waals surface area contributed by atoms with E-state index in [-0.39, 0.29) is 17.6 Å². The molecule has 1 amide bonds. The minimum Gasteiger partial charge on any atom is -0.337 e. The highest BCUT2D eigenvalue weighted by Gasteiger charge is 2.28. The summed E-state index contributed by atoms with van der Waals surface area (Å²) in [7, 11) is 0. The zero-order valence-corrected chi connectivity index (χ0v) is 12.7. The van der Waals surface area contributed by atoms with E-state index in [1.54, 1.807) is 4.90 Å². The van der Waals surface area contributed by atoms with Crippen LogP contribution in [0.5, 0.6) is 0 Å². The highest BCUT2D eigenvalue weighted by atomic mass is 127. The Morgan fingerprint density at radius 2 is 2.17 bits per heavy atom. The maximum Gasteiger partial charge on any atom is 0.254 e. The van der Waals surface area contributed by atoms with E-state index >= 15 is 0 Å². The molecule has 0 spiro atoms. The molecule has 1 unspecified atom stereocenters. The van der Waals surface area contributed by atoms with Crippen molar-refractivity contribution in [1.82, 2.24) is 4.90 Å². The van der Waals surface area contributed by atoms with Crippen LogP contribution in [0.15, 0.2) is 18.2 Å². The Morgan fingerprint density at radius 1 is 1.44 bits per heavy atom. The number of aryl methyl sites for hydroxylation is 1. The topological polar surface area (TPSA) is 37.4 Å². The smallest absolute Gasteiger partial charge is 0.254 e. The zero-order chi connectivity index (χ0) is 13.3. The summed E-state index contributed by atoms with van der Waals surface area (Å²) < 4.78 is 1.00. The van der Waals surface area contributed by atoms with Gasteiger partial charge in [-0.15, -0.1) is 0 Å². The molecule has 3 nitrogen and oxygen atoms in total. The van der Waals surface area contributed by atoms with Gasteiger partial charge in [0.05, 0.1) is 5.56 Å². The first-order valence-corrected chi connectivity index (χ1v) is 7.15. The number of Topliss-reactive ketones (excluding diaryl/α,β-unsaturated/α-hetero) is 1. The van der Waals surface area contributed by atoms with Gasteiger partial charge < -0.3 is 4.90 Å².